The van der Waals surface area contributed by atoms with Gasteiger partial charge in [-0.25, -0.2) is 17.9 Å². The maximum atomic E-state index is 12.5. The van der Waals surface area contributed by atoms with Gasteiger partial charge in [0.1, 0.15) is 10.6 Å². The molecule has 0 saturated carbocycles. The van der Waals surface area contributed by atoms with Crippen LogP contribution in [0.1, 0.15) is 34.1 Å². The third-order valence-electron chi connectivity index (χ3n) is 3.80. The molecule has 0 aliphatic carbocycles. The molecule has 0 bridgehead atoms. The van der Waals surface area contributed by atoms with Crippen LogP contribution in [0.25, 0.3) is 0 Å². The molecule has 8 nitrogen and oxygen atoms in total. The van der Waals surface area contributed by atoms with E-state index < -0.39 is 21.9 Å². The SMILES string of the molecule is CCCOC(=O)c1ccc(NC(=O)c2ccc(OC)c(S(=O)(=O)NC)c2)cc1. The third kappa shape index (κ3) is 5.08. The molecule has 9 heteroatoms. The summed E-state index contributed by atoms with van der Waals surface area (Å²) in [6.45, 7) is 2.24. The van der Waals surface area contributed by atoms with E-state index in [2.05, 4.69) is 10.0 Å². The number of esters is 1. The summed E-state index contributed by atoms with van der Waals surface area (Å²) in [5.41, 5.74) is 0.963. The summed E-state index contributed by atoms with van der Waals surface area (Å²) < 4.78 is 36.5. The lowest BCUT2D eigenvalue weighted by Crippen LogP contribution is -2.20. The van der Waals surface area contributed by atoms with Crippen molar-refractivity contribution >= 4 is 27.6 Å². The molecular weight excluding hydrogens is 384 g/mol. The Labute approximate surface area is 163 Å². The zero-order chi connectivity index (χ0) is 20.7. The molecule has 0 saturated heterocycles. The first-order valence-corrected chi connectivity index (χ1v) is 10.0. The normalized spacial score (nSPS) is 11.0. The van der Waals surface area contributed by atoms with Crippen molar-refractivity contribution in [1.29, 1.82) is 0 Å². The van der Waals surface area contributed by atoms with Gasteiger partial charge < -0.3 is 14.8 Å². The van der Waals surface area contributed by atoms with Crippen LogP contribution in [0.3, 0.4) is 0 Å². The highest BCUT2D eigenvalue weighted by atomic mass is 32.2. The lowest BCUT2D eigenvalue weighted by Gasteiger charge is -2.11. The highest BCUT2D eigenvalue weighted by Crippen LogP contribution is 2.25. The fourth-order valence-corrected chi connectivity index (χ4v) is 3.23. The first-order chi connectivity index (χ1) is 13.3. The second kappa shape index (κ2) is 9.34. The third-order valence-corrected chi connectivity index (χ3v) is 5.24. The van der Waals surface area contributed by atoms with Gasteiger partial charge in [0.25, 0.3) is 5.91 Å². The molecule has 150 valence electrons. The van der Waals surface area contributed by atoms with Gasteiger partial charge in [-0.3, -0.25) is 4.79 Å². The predicted molar refractivity (Wildman–Crippen MR) is 104 cm³/mol. The van der Waals surface area contributed by atoms with E-state index in [1.165, 1.54) is 32.4 Å². The van der Waals surface area contributed by atoms with Gasteiger partial charge in [0.05, 0.1) is 19.3 Å². The molecule has 0 aliphatic rings. The molecule has 0 unspecified atom stereocenters. The lowest BCUT2D eigenvalue weighted by molar-refractivity contribution is 0.0505. The Morgan fingerprint density at radius 3 is 2.25 bits per heavy atom. The maximum absolute atomic E-state index is 12.5. The monoisotopic (exact) mass is 406 g/mol. The van der Waals surface area contributed by atoms with Gasteiger partial charge in [-0.1, -0.05) is 6.92 Å². The minimum atomic E-state index is -3.80. The van der Waals surface area contributed by atoms with Gasteiger partial charge in [0.2, 0.25) is 10.0 Å². The van der Waals surface area contributed by atoms with E-state index in [9.17, 15) is 18.0 Å². The van der Waals surface area contributed by atoms with Gasteiger partial charge in [-0.05, 0) is 55.9 Å². The van der Waals surface area contributed by atoms with E-state index in [-0.39, 0.29) is 16.2 Å². The Morgan fingerprint density at radius 1 is 1.04 bits per heavy atom. The zero-order valence-electron chi connectivity index (χ0n) is 15.8. The Hall–Kier alpha value is -2.91. The number of hydrogen-bond acceptors (Lipinski definition) is 6. The largest absolute Gasteiger partial charge is 0.495 e. The van der Waals surface area contributed by atoms with Crippen LogP contribution in [0.2, 0.25) is 0 Å². The number of sulfonamides is 1. The van der Waals surface area contributed by atoms with Crippen LogP contribution in [-0.2, 0) is 14.8 Å². The number of nitrogens with one attached hydrogen (secondary N) is 2. The number of amides is 1. The van der Waals surface area contributed by atoms with E-state index >= 15 is 0 Å². The Balaban J connectivity index is 2.19. The molecule has 28 heavy (non-hydrogen) atoms. The molecule has 0 fully saturated rings. The quantitative estimate of drug-likeness (QED) is 0.652. The van der Waals surface area contributed by atoms with E-state index in [0.29, 0.717) is 17.9 Å². The molecule has 0 spiro atoms. The van der Waals surface area contributed by atoms with Gasteiger partial charge >= 0.3 is 5.97 Å². The van der Waals surface area contributed by atoms with Crippen molar-refractivity contribution < 1.29 is 27.5 Å². The number of rotatable bonds is 8. The number of anilines is 1. The average molecular weight is 406 g/mol. The van der Waals surface area contributed by atoms with Crippen LogP contribution in [0.4, 0.5) is 5.69 Å². The number of carbonyl (C=O) groups excluding carboxylic acids is 2. The number of carbonyl (C=O) groups is 2. The minimum absolute atomic E-state index is 0.126. The summed E-state index contributed by atoms with van der Waals surface area (Å²) in [7, 11) is -1.18. The number of methoxy groups -OCH3 is 1. The summed E-state index contributed by atoms with van der Waals surface area (Å²) >= 11 is 0. The van der Waals surface area contributed by atoms with Crippen LogP contribution >= 0.6 is 0 Å². The summed E-state index contributed by atoms with van der Waals surface area (Å²) in [4.78, 5) is 24.1. The van der Waals surface area contributed by atoms with Crippen molar-refractivity contribution in [2.24, 2.45) is 0 Å². The van der Waals surface area contributed by atoms with Crippen LogP contribution in [-0.4, -0.2) is 41.1 Å². The summed E-state index contributed by atoms with van der Waals surface area (Å²) in [5, 5.41) is 2.65. The Kier molecular flexibility index (Phi) is 7.13. The van der Waals surface area contributed by atoms with E-state index in [1.54, 1.807) is 24.3 Å². The number of benzene rings is 2. The van der Waals surface area contributed by atoms with Crippen LogP contribution < -0.4 is 14.8 Å². The zero-order valence-corrected chi connectivity index (χ0v) is 16.6. The second-order valence-corrected chi connectivity index (χ2v) is 7.60. The lowest BCUT2D eigenvalue weighted by atomic mass is 10.1. The molecular formula is C19H22N2O6S. The van der Waals surface area contributed by atoms with Crippen molar-refractivity contribution in [3.63, 3.8) is 0 Å². The number of hydrogen-bond donors (Lipinski definition) is 2. The summed E-state index contributed by atoms with van der Waals surface area (Å²) in [6.07, 6.45) is 0.729. The average Bonchev–Trinajstić information content (AvgIpc) is 2.71. The molecule has 2 aromatic rings. The smallest absolute Gasteiger partial charge is 0.338 e. The molecule has 2 aromatic carbocycles. The molecule has 0 heterocycles. The topological polar surface area (TPSA) is 111 Å². The fraction of sp³-hybridized carbons (Fsp3) is 0.263. The van der Waals surface area contributed by atoms with Gasteiger partial charge in [0.15, 0.2) is 0 Å². The van der Waals surface area contributed by atoms with Crippen LogP contribution in [0, 0.1) is 0 Å². The minimum Gasteiger partial charge on any atom is -0.495 e. The van der Waals surface area contributed by atoms with Gasteiger partial charge in [0, 0.05) is 11.3 Å². The molecule has 0 aromatic heterocycles. The summed E-state index contributed by atoms with van der Waals surface area (Å²) in [5.74, 6) is -0.811. The predicted octanol–water partition coefficient (Wildman–Crippen LogP) is 2.42. The standard InChI is InChI=1S/C19H22N2O6S/c1-4-11-27-19(23)13-5-8-15(9-6-13)21-18(22)14-7-10-16(26-3)17(12-14)28(24,25)20-2/h5-10,12,20H,4,11H2,1-3H3,(H,21,22). The van der Waals surface area contributed by atoms with E-state index in [0.717, 1.165) is 6.42 Å². The van der Waals surface area contributed by atoms with Crippen LogP contribution in [0.5, 0.6) is 5.75 Å². The van der Waals surface area contributed by atoms with Crippen molar-refractivity contribution in [1.82, 2.24) is 4.72 Å². The van der Waals surface area contributed by atoms with Gasteiger partial charge in [-0.2, -0.15) is 0 Å². The van der Waals surface area contributed by atoms with Crippen LogP contribution in [0.15, 0.2) is 47.4 Å². The second-order valence-electron chi connectivity index (χ2n) is 5.74. The number of ether oxygens (including phenoxy) is 2. The van der Waals surface area contributed by atoms with E-state index in [1.807, 2.05) is 6.92 Å². The van der Waals surface area contributed by atoms with Crippen molar-refractivity contribution in [3.8, 4) is 5.75 Å². The molecule has 0 radical (unpaired) electrons. The Bertz CT molecular complexity index is 955. The molecule has 0 aliphatic heterocycles. The maximum Gasteiger partial charge on any atom is 0.338 e. The molecule has 2 rings (SSSR count). The molecule has 0 atom stereocenters. The molecule has 1 amide bonds. The van der Waals surface area contributed by atoms with Crippen molar-refractivity contribution in [2.75, 3.05) is 26.1 Å². The highest BCUT2D eigenvalue weighted by molar-refractivity contribution is 7.89. The van der Waals surface area contributed by atoms with Gasteiger partial charge in [-0.15, -0.1) is 0 Å². The van der Waals surface area contributed by atoms with E-state index in [4.69, 9.17) is 9.47 Å². The Morgan fingerprint density at radius 2 is 1.68 bits per heavy atom. The van der Waals surface area contributed by atoms with Crippen molar-refractivity contribution in [3.05, 3.63) is 53.6 Å². The summed E-state index contributed by atoms with van der Waals surface area (Å²) in [6, 6.07) is 10.3. The first kappa shape index (κ1) is 21.4. The fourth-order valence-electron chi connectivity index (χ4n) is 2.31. The highest BCUT2D eigenvalue weighted by Gasteiger charge is 2.20. The molecule has 2 N–H and O–H groups in total. The van der Waals surface area contributed by atoms with Crippen molar-refractivity contribution in [2.45, 2.75) is 18.2 Å². The first-order valence-electron chi connectivity index (χ1n) is 8.52.